The quantitative estimate of drug-likeness (QED) is 0.804. The van der Waals surface area contributed by atoms with Crippen molar-refractivity contribution in [2.75, 3.05) is 24.3 Å². The molecule has 2 heterocycles. The molecule has 1 fully saturated rings. The van der Waals surface area contributed by atoms with E-state index in [0.29, 0.717) is 11.9 Å². The Balaban J connectivity index is 2.04. The number of nitrogens with zero attached hydrogens (tertiary/aromatic N) is 2. The Hall–Kier alpha value is -1.36. The first-order chi connectivity index (χ1) is 7.78. The first kappa shape index (κ1) is 11.1. The summed E-state index contributed by atoms with van der Waals surface area (Å²) >= 11 is 0. The molecule has 16 heavy (non-hydrogen) atoms. The molecule has 88 valence electrons. The van der Waals surface area contributed by atoms with Gasteiger partial charge in [0.1, 0.15) is 17.5 Å². The van der Waals surface area contributed by atoms with Crippen molar-refractivity contribution in [2.45, 2.75) is 32.2 Å². The number of aromatic nitrogens is 2. The van der Waals surface area contributed by atoms with E-state index >= 15 is 0 Å². The van der Waals surface area contributed by atoms with E-state index in [4.69, 9.17) is 10.5 Å². The smallest absolute Gasteiger partial charge is 0.132 e. The van der Waals surface area contributed by atoms with Gasteiger partial charge >= 0.3 is 0 Å². The lowest BCUT2D eigenvalue weighted by atomic mass is 10.1. The molecule has 0 bridgehead atoms. The van der Waals surface area contributed by atoms with Gasteiger partial charge in [-0.2, -0.15) is 0 Å². The average molecular weight is 222 g/mol. The first-order valence-corrected chi connectivity index (χ1v) is 5.75. The van der Waals surface area contributed by atoms with Gasteiger partial charge in [0.25, 0.3) is 0 Å². The second-order valence-electron chi connectivity index (χ2n) is 4.01. The zero-order valence-electron chi connectivity index (χ0n) is 9.57. The Labute approximate surface area is 95.4 Å². The molecular weight excluding hydrogens is 204 g/mol. The van der Waals surface area contributed by atoms with E-state index in [9.17, 15) is 0 Å². The Kier molecular flexibility index (Phi) is 3.56. The fourth-order valence-corrected chi connectivity index (χ4v) is 1.81. The molecule has 1 aromatic heterocycles. The second-order valence-corrected chi connectivity index (χ2v) is 4.01. The van der Waals surface area contributed by atoms with Gasteiger partial charge in [0.15, 0.2) is 0 Å². The summed E-state index contributed by atoms with van der Waals surface area (Å²) in [5.41, 5.74) is 5.72. The summed E-state index contributed by atoms with van der Waals surface area (Å²) in [6.07, 6.45) is 3.01. The molecule has 0 amide bonds. The van der Waals surface area contributed by atoms with Crippen LogP contribution >= 0.6 is 0 Å². The molecule has 1 aliphatic rings. The van der Waals surface area contributed by atoms with Gasteiger partial charge in [0.05, 0.1) is 12.6 Å². The summed E-state index contributed by atoms with van der Waals surface area (Å²) < 4.78 is 5.40. The van der Waals surface area contributed by atoms with Gasteiger partial charge < -0.3 is 15.8 Å². The monoisotopic (exact) mass is 222 g/mol. The standard InChI is InChI=1S/C11H18N4O/c1-2-10-14-9(12)6-11(15-10)13-8-4-3-5-16-7-8/h6,8H,2-5,7H2,1H3,(H3,12,13,14,15). The van der Waals surface area contributed by atoms with Crippen molar-refractivity contribution in [2.24, 2.45) is 0 Å². The summed E-state index contributed by atoms with van der Waals surface area (Å²) in [5, 5.41) is 3.34. The van der Waals surface area contributed by atoms with Crippen molar-refractivity contribution in [1.29, 1.82) is 0 Å². The molecule has 1 unspecified atom stereocenters. The Morgan fingerprint density at radius 1 is 1.56 bits per heavy atom. The van der Waals surface area contributed by atoms with Crippen LogP contribution in [0, 0.1) is 0 Å². The largest absolute Gasteiger partial charge is 0.384 e. The molecule has 1 saturated heterocycles. The molecule has 0 spiro atoms. The van der Waals surface area contributed by atoms with Gasteiger partial charge in [0.2, 0.25) is 0 Å². The fourth-order valence-electron chi connectivity index (χ4n) is 1.81. The van der Waals surface area contributed by atoms with Gasteiger partial charge in [-0.25, -0.2) is 9.97 Å². The highest BCUT2D eigenvalue weighted by Gasteiger charge is 2.14. The van der Waals surface area contributed by atoms with E-state index in [1.807, 2.05) is 6.92 Å². The van der Waals surface area contributed by atoms with Crippen LogP contribution in [0.25, 0.3) is 0 Å². The van der Waals surface area contributed by atoms with Crippen molar-refractivity contribution >= 4 is 11.6 Å². The van der Waals surface area contributed by atoms with Crippen LogP contribution in [0.3, 0.4) is 0 Å². The average Bonchev–Trinajstić information content (AvgIpc) is 2.29. The van der Waals surface area contributed by atoms with E-state index in [0.717, 1.165) is 44.1 Å². The van der Waals surface area contributed by atoms with Crippen molar-refractivity contribution in [1.82, 2.24) is 9.97 Å². The number of nitrogens with one attached hydrogen (secondary N) is 1. The minimum atomic E-state index is 0.341. The Bertz CT molecular complexity index is 350. The molecule has 0 aliphatic carbocycles. The van der Waals surface area contributed by atoms with E-state index in [2.05, 4.69) is 15.3 Å². The van der Waals surface area contributed by atoms with E-state index < -0.39 is 0 Å². The third-order valence-electron chi connectivity index (χ3n) is 2.62. The van der Waals surface area contributed by atoms with E-state index in [1.54, 1.807) is 6.07 Å². The van der Waals surface area contributed by atoms with Crippen LogP contribution in [-0.2, 0) is 11.2 Å². The van der Waals surface area contributed by atoms with Gasteiger partial charge in [-0.3, -0.25) is 0 Å². The van der Waals surface area contributed by atoms with Crippen molar-refractivity contribution in [3.63, 3.8) is 0 Å². The van der Waals surface area contributed by atoms with Crippen LogP contribution in [0.4, 0.5) is 11.6 Å². The SMILES string of the molecule is CCc1nc(N)cc(NC2CCCOC2)n1. The maximum absolute atomic E-state index is 5.72. The van der Waals surface area contributed by atoms with Gasteiger partial charge in [0, 0.05) is 19.1 Å². The summed E-state index contributed by atoms with van der Waals surface area (Å²) in [6, 6.07) is 2.11. The van der Waals surface area contributed by atoms with Gasteiger partial charge in [-0.1, -0.05) is 6.92 Å². The normalized spacial score (nSPS) is 20.7. The molecule has 1 aromatic rings. The lowest BCUT2D eigenvalue weighted by Gasteiger charge is -2.23. The van der Waals surface area contributed by atoms with Gasteiger partial charge in [-0.15, -0.1) is 0 Å². The van der Waals surface area contributed by atoms with Crippen LogP contribution < -0.4 is 11.1 Å². The summed E-state index contributed by atoms with van der Waals surface area (Å²) in [4.78, 5) is 8.53. The third-order valence-corrected chi connectivity index (χ3v) is 2.62. The topological polar surface area (TPSA) is 73.1 Å². The highest BCUT2D eigenvalue weighted by Crippen LogP contribution is 2.14. The zero-order valence-corrected chi connectivity index (χ0v) is 9.57. The maximum atomic E-state index is 5.72. The molecule has 3 N–H and O–H groups in total. The summed E-state index contributed by atoms with van der Waals surface area (Å²) in [5.74, 6) is 2.10. The lowest BCUT2D eigenvalue weighted by molar-refractivity contribution is 0.0875. The Morgan fingerprint density at radius 3 is 3.12 bits per heavy atom. The van der Waals surface area contributed by atoms with Crippen LogP contribution in [0.2, 0.25) is 0 Å². The molecule has 2 rings (SSSR count). The first-order valence-electron chi connectivity index (χ1n) is 5.75. The summed E-state index contributed by atoms with van der Waals surface area (Å²) in [7, 11) is 0. The Morgan fingerprint density at radius 2 is 2.44 bits per heavy atom. The molecule has 1 aliphatic heterocycles. The third kappa shape index (κ3) is 2.82. The molecule has 0 saturated carbocycles. The highest BCUT2D eigenvalue weighted by molar-refractivity contribution is 5.45. The number of aryl methyl sites for hydroxylation is 1. The summed E-state index contributed by atoms with van der Waals surface area (Å²) in [6.45, 7) is 3.62. The lowest BCUT2D eigenvalue weighted by Crippen LogP contribution is -2.30. The maximum Gasteiger partial charge on any atom is 0.132 e. The van der Waals surface area contributed by atoms with Crippen molar-refractivity contribution < 1.29 is 4.74 Å². The van der Waals surface area contributed by atoms with Crippen LogP contribution in [-0.4, -0.2) is 29.2 Å². The predicted molar refractivity (Wildman–Crippen MR) is 63.3 cm³/mol. The minimum absolute atomic E-state index is 0.341. The number of nitrogens with two attached hydrogens (primary N) is 1. The molecule has 0 aromatic carbocycles. The highest BCUT2D eigenvalue weighted by atomic mass is 16.5. The number of hydrogen-bond acceptors (Lipinski definition) is 5. The number of rotatable bonds is 3. The van der Waals surface area contributed by atoms with Crippen LogP contribution in [0.15, 0.2) is 6.07 Å². The second kappa shape index (κ2) is 5.12. The zero-order chi connectivity index (χ0) is 11.4. The number of anilines is 2. The molecular formula is C11H18N4O. The van der Waals surface area contributed by atoms with Gasteiger partial charge in [-0.05, 0) is 12.8 Å². The van der Waals surface area contributed by atoms with Crippen molar-refractivity contribution in [3.05, 3.63) is 11.9 Å². The molecule has 1 atom stereocenters. The van der Waals surface area contributed by atoms with Crippen LogP contribution in [0.1, 0.15) is 25.6 Å². The molecule has 5 nitrogen and oxygen atoms in total. The fraction of sp³-hybridized carbons (Fsp3) is 0.636. The predicted octanol–water partition coefficient (Wildman–Crippen LogP) is 1.21. The van der Waals surface area contributed by atoms with E-state index in [-0.39, 0.29) is 0 Å². The van der Waals surface area contributed by atoms with E-state index in [1.165, 1.54) is 0 Å². The minimum Gasteiger partial charge on any atom is -0.384 e. The number of nitrogen functional groups attached to an aromatic ring is 1. The molecule has 0 radical (unpaired) electrons. The van der Waals surface area contributed by atoms with Crippen LogP contribution in [0.5, 0.6) is 0 Å². The number of hydrogen-bond donors (Lipinski definition) is 2. The van der Waals surface area contributed by atoms with Crippen molar-refractivity contribution in [3.8, 4) is 0 Å². The number of ether oxygens (including phenoxy) is 1. The molecule has 5 heteroatoms.